The summed E-state index contributed by atoms with van der Waals surface area (Å²) in [6.07, 6.45) is 0. The maximum Gasteiger partial charge on any atom is 0.143 e. The molecule has 70 heavy (non-hydrogen) atoms. The lowest BCUT2D eigenvalue weighted by atomic mass is 9.67. The summed E-state index contributed by atoms with van der Waals surface area (Å²) in [6.45, 7) is 4.74. The Labute approximate surface area is 408 Å². The Kier molecular flexibility index (Phi) is 8.88. The fourth-order valence-corrected chi connectivity index (χ4v) is 12.5. The average Bonchev–Trinajstić information content (AvgIpc) is 4.02. The summed E-state index contributed by atoms with van der Waals surface area (Å²) in [5.74, 6) is 0. The molecule has 0 saturated heterocycles. The van der Waals surface area contributed by atoms with E-state index in [1.54, 1.807) is 0 Å². The zero-order chi connectivity index (χ0) is 46.6. The van der Waals surface area contributed by atoms with Crippen molar-refractivity contribution < 1.29 is 4.42 Å². The molecule has 2 heteroatoms. The van der Waals surface area contributed by atoms with Crippen LogP contribution in [0.2, 0.25) is 0 Å². The fourth-order valence-electron chi connectivity index (χ4n) is 12.5. The molecule has 0 amide bonds. The van der Waals surface area contributed by atoms with Gasteiger partial charge in [-0.3, -0.25) is 0 Å². The molecule has 14 rings (SSSR count). The minimum absolute atomic E-state index is 0.136. The number of rotatable bonds is 7. The van der Waals surface area contributed by atoms with Gasteiger partial charge in [0.1, 0.15) is 11.2 Å². The summed E-state index contributed by atoms with van der Waals surface area (Å²) < 4.78 is 6.94. The first-order chi connectivity index (χ1) is 34.5. The highest BCUT2D eigenvalue weighted by Gasteiger charge is 2.46. The van der Waals surface area contributed by atoms with E-state index in [0.717, 1.165) is 50.1 Å². The first-order valence-corrected chi connectivity index (χ1v) is 24.4. The van der Waals surface area contributed by atoms with Crippen LogP contribution in [-0.2, 0) is 10.8 Å². The molecule has 0 atom stereocenters. The SMILES string of the molecule is CC1(C)c2ccccc2-c2cccc(-c3ccc(N(c4ccc5c(c4)C(c4ccccc4)(c4ccccc4)c4ccccc4-5)c4ccccc4-c4cccc5c4oc4cc6ccccc6cc45)cc3)c21. The van der Waals surface area contributed by atoms with Crippen LogP contribution >= 0.6 is 0 Å². The van der Waals surface area contributed by atoms with Gasteiger partial charge < -0.3 is 9.32 Å². The molecule has 0 radical (unpaired) electrons. The molecule has 2 aliphatic rings. The molecule has 0 N–H and O–H groups in total. The van der Waals surface area contributed by atoms with Gasteiger partial charge in [-0.05, 0) is 120 Å². The van der Waals surface area contributed by atoms with Crippen LogP contribution in [0, 0.1) is 0 Å². The van der Waals surface area contributed by atoms with Crippen molar-refractivity contribution in [3.63, 3.8) is 0 Å². The molecule has 0 spiro atoms. The van der Waals surface area contributed by atoms with Crippen LogP contribution in [-0.4, -0.2) is 0 Å². The van der Waals surface area contributed by atoms with Gasteiger partial charge in [0, 0.05) is 38.7 Å². The topological polar surface area (TPSA) is 16.4 Å². The average molecular weight is 894 g/mol. The van der Waals surface area contributed by atoms with Gasteiger partial charge in [-0.15, -0.1) is 0 Å². The molecule has 0 saturated carbocycles. The number of anilines is 3. The summed E-state index contributed by atoms with van der Waals surface area (Å²) in [5, 5.41) is 4.60. The second kappa shape index (κ2) is 15.4. The highest BCUT2D eigenvalue weighted by atomic mass is 16.3. The van der Waals surface area contributed by atoms with Crippen molar-refractivity contribution in [3.8, 4) is 44.5 Å². The largest absolute Gasteiger partial charge is 0.455 e. The van der Waals surface area contributed by atoms with Gasteiger partial charge in [0.05, 0.1) is 11.1 Å². The molecule has 2 aliphatic carbocycles. The molecular weight excluding hydrogens is 847 g/mol. The third-order valence-corrected chi connectivity index (χ3v) is 15.5. The number of para-hydroxylation sites is 2. The predicted octanol–water partition coefficient (Wildman–Crippen LogP) is 18.2. The molecule has 330 valence electrons. The van der Waals surface area contributed by atoms with E-state index in [-0.39, 0.29) is 5.41 Å². The van der Waals surface area contributed by atoms with Gasteiger partial charge in [0.2, 0.25) is 0 Å². The molecule has 1 aromatic heterocycles. The number of nitrogens with zero attached hydrogens (tertiary/aromatic N) is 1. The normalized spacial score (nSPS) is 13.8. The van der Waals surface area contributed by atoms with E-state index in [4.69, 9.17) is 4.42 Å². The summed E-state index contributed by atoms with van der Waals surface area (Å²) in [4.78, 5) is 2.47. The van der Waals surface area contributed by atoms with Gasteiger partial charge in [-0.2, -0.15) is 0 Å². The molecule has 0 unspecified atom stereocenters. The minimum Gasteiger partial charge on any atom is -0.455 e. The van der Waals surface area contributed by atoms with Gasteiger partial charge >= 0.3 is 0 Å². The highest BCUT2D eigenvalue weighted by molar-refractivity contribution is 6.14. The molecule has 0 aliphatic heterocycles. The van der Waals surface area contributed by atoms with E-state index < -0.39 is 5.41 Å². The predicted molar refractivity (Wildman–Crippen MR) is 292 cm³/mol. The Morgan fingerprint density at radius 3 is 1.64 bits per heavy atom. The molecule has 2 nitrogen and oxygen atoms in total. The van der Waals surface area contributed by atoms with Crippen molar-refractivity contribution in [2.75, 3.05) is 4.90 Å². The Bertz CT molecular complexity index is 3990. The van der Waals surface area contributed by atoms with Gasteiger partial charge in [-0.25, -0.2) is 0 Å². The smallest absolute Gasteiger partial charge is 0.143 e. The van der Waals surface area contributed by atoms with Crippen molar-refractivity contribution in [2.45, 2.75) is 24.7 Å². The van der Waals surface area contributed by atoms with Gasteiger partial charge in [0.15, 0.2) is 0 Å². The highest BCUT2D eigenvalue weighted by Crippen LogP contribution is 2.58. The number of hydrogen-bond donors (Lipinski definition) is 0. The Hall–Kier alpha value is -8.72. The van der Waals surface area contributed by atoms with E-state index in [9.17, 15) is 0 Å². The minimum atomic E-state index is -0.555. The third kappa shape index (κ3) is 5.80. The van der Waals surface area contributed by atoms with E-state index in [1.165, 1.54) is 77.5 Å². The number of furan rings is 1. The maximum atomic E-state index is 6.94. The Balaban J connectivity index is 1.00. The lowest BCUT2D eigenvalue weighted by Crippen LogP contribution is -2.28. The van der Waals surface area contributed by atoms with E-state index in [1.807, 2.05) is 0 Å². The number of hydrogen-bond acceptors (Lipinski definition) is 2. The summed E-state index contributed by atoms with van der Waals surface area (Å²) in [6, 6.07) is 91.7. The molecule has 12 aromatic rings. The lowest BCUT2D eigenvalue weighted by molar-refractivity contribution is 0.662. The van der Waals surface area contributed by atoms with Crippen molar-refractivity contribution in [1.29, 1.82) is 0 Å². The first-order valence-electron chi connectivity index (χ1n) is 24.4. The summed E-state index contributed by atoms with van der Waals surface area (Å²) in [5.41, 5.74) is 21.8. The van der Waals surface area contributed by atoms with Gasteiger partial charge in [-0.1, -0.05) is 220 Å². The fraction of sp³-hybridized carbons (Fsp3) is 0.0588. The van der Waals surface area contributed by atoms with Crippen LogP contribution in [0.5, 0.6) is 0 Å². The van der Waals surface area contributed by atoms with Gasteiger partial charge in [0.25, 0.3) is 0 Å². The Morgan fingerprint density at radius 2 is 0.900 bits per heavy atom. The second-order valence-corrected chi connectivity index (χ2v) is 19.5. The van der Waals surface area contributed by atoms with Crippen molar-refractivity contribution >= 4 is 49.8 Å². The Morgan fingerprint density at radius 1 is 0.357 bits per heavy atom. The molecule has 0 bridgehead atoms. The summed E-state index contributed by atoms with van der Waals surface area (Å²) in [7, 11) is 0. The zero-order valence-corrected chi connectivity index (χ0v) is 39.0. The summed E-state index contributed by atoms with van der Waals surface area (Å²) >= 11 is 0. The van der Waals surface area contributed by atoms with E-state index >= 15 is 0 Å². The van der Waals surface area contributed by atoms with Crippen LogP contribution < -0.4 is 4.90 Å². The van der Waals surface area contributed by atoms with Crippen LogP contribution in [0.3, 0.4) is 0 Å². The monoisotopic (exact) mass is 893 g/mol. The van der Waals surface area contributed by atoms with Crippen LogP contribution in [0.1, 0.15) is 47.2 Å². The number of benzene rings is 11. The van der Waals surface area contributed by atoms with Crippen molar-refractivity contribution in [1.82, 2.24) is 0 Å². The maximum absolute atomic E-state index is 6.94. The second-order valence-electron chi connectivity index (χ2n) is 19.5. The van der Waals surface area contributed by atoms with E-state index in [2.05, 4.69) is 267 Å². The first kappa shape index (κ1) is 40.4. The molecule has 1 heterocycles. The van der Waals surface area contributed by atoms with Crippen molar-refractivity contribution in [3.05, 3.63) is 282 Å². The quantitative estimate of drug-likeness (QED) is 0.158. The molecule has 11 aromatic carbocycles. The van der Waals surface area contributed by atoms with Crippen LogP contribution in [0.15, 0.2) is 253 Å². The lowest BCUT2D eigenvalue weighted by Gasteiger charge is -2.35. The molecular formula is C68H47NO. The number of fused-ring (bicyclic) bond motifs is 10. The van der Waals surface area contributed by atoms with E-state index in [0.29, 0.717) is 0 Å². The van der Waals surface area contributed by atoms with Crippen molar-refractivity contribution in [2.24, 2.45) is 0 Å². The van der Waals surface area contributed by atoms with Crippen LogP contribution in [0.4, 0.5) is 17.1 Å². The third-order valence-electron chi connectivity index (χ3n) is 15.5. The van der Waals surface area contributed by atoms with Crippen LogP contribution in [0.25, 0.3) is 77.2 Å². The standard InChI is InChI=1S/C68H47NO/c1-67(2)60-32-14-11-26-53(60)56-29-17-28-51(65(56)67)44-35-37-49(38-36-44)69(63-34-16-13-27-55(63)57-30-18-31-58-59-41-45-19-9-10-20-46(45)42-64(59)70-66(57)58)50-39-40-54-52-25-12-15-33-61(52)68(62(54)43-50,47-21-5-3-6-22-47)48-23-7-4-8-24-48/h3-43H,1-2H3. The molecule has 0 fully saturated rings. The zero-order valence-electron chi connectivity index (χ0n) is 39.0.